The highest BCUT2D eigenvalue weighted by Gasteiger charge is 2.00. The van der Waals surface area contributed by atoms with Crippen molar-refractivity contribution in [1.29, 1.82) is 0 Å². The third kappa shape index (κ3) is 7.33. The van der Waals surface area contributed by atoms with E-state index in [1.54, 1.807) is 38.1 Å². The van der Waals surface area contributed by atoms with E-state index >= 15 is 0 Å². The van der Waals surface area contributed by atoms with Gasteiger partial charge in [-0.25, -0.2) is 9.97 Å². The maximum Gasteiger partial charge on any atom is 0.137 e. The largest absolute Gasteiger partial charge is 0.508 e. The number of hydrogen-bond donors (Lipinski definition) is 3. The summed E-state index contributed by atoms with van der Waals surface area (Å²) in [6.07, 6.45) is 0. The lowest BCUT2D eigenvalue weighted by Crippen LogP contribution is -1.83. The number of fused-ring (bicyclic) bond motifs is 2. The molecule has 0 aliphatic rings. The van der Waals surface area contributed by atoms with Gasteiger partial charge in [-0.3, -0.25) is 0 Å². The topological polar surface area (TPSA) is 86.5 Å². The van der Waals surface area contributed by atoms with Crippen LogP contribution in [-0.4, -0.2) is 42.6 Å². The van der Waals surface area contributed by atoms with Gasteiger partial charge in [-0.05, 0) is 61.4 Å². The first-order valence-electron chi connectivity index (χ1n) is 11.9. The number of phenols is 1. The van der Waals surface area contributed by atoms with Gasteiger partial charge in [0.05, 0.1) is 22.4 Å². The van der Waals surface area contributed by atoms with Gasteiger partial charge in [-0.1, -0.05) is 78.9 Å². The van der Waals surface area contributed by atoms with Crippen LogP contribution in [0.25, 0.3) is 32.9 Å². The Labute approximate surface area is 232 Å². The maximum absolute atomic E-state index is 9.35. The van der Waals surface area contributed by atoms with E-state index in [0.717, 1.165) is 32.9 Å². The van der Waals surface area contributed by atoms with Gasteiger partial charge in [-0.2, -0.15) is 0 Å². The average Bonchev–Trinajstić information content (AvgIpc) is 2.91. The summed E-state index contributed by atoms with van der Waals surface area (Å²) in [7, 11) is 0. The summed E-state index contributed by atoms with van der Waals surface area (Å²) in [6.45, 7) is 3.59. The summed E-state index contributed by atoms with van der Waals surface area (Å²) >= 11 is 0. The highest BCUT2D eigenvalue weighted by molar-refractivity contribution is 5.80. The second kappa shape index (κ2) is 13.3. The third-order valence-corrected chi connectivity index (χ3v) is 5.73. The molecule has 6 rings (SSSR count). The molecule has 187 valence electrons. The quantitative estimate of drug-likeness (QED) is 0.202. The van der Waals surface area contributed by atoms with E-state index < -0.39 is 0 Å². The number of hydrogen-bond acceptors (Lipinski definition) is 5. The monoisotopic (exact) mass is 515 g/mol. The summed E-state index contributed by atoms with van der Waals surface area (Å²) in [5.74, 6) is 0.823. The lowest BCUT2D eigenvalue weighted by atomic mass is 10.1. The molecule has 0 unspecified atom stereocenters. The molecule has 0 saturated carbocycles. The summed E-state index contributed by atoms with van der Waals surface area (Å²) in [5, 5.41) is 29.9. The molecule has 0 bridgehead atoms. The average molecular weight is 516 g/mol. The van der Waals surface area contributed by atoms with Crippen LogP contribution >= 0.6 is 0 Å². The number of para-hydroxylation sites is 2. The highest BCUT2D eigenvalue weighted by Crippen LogP contribution is 2.23. The van der Waals surface area contributed by atoms with Gasteiger partial charge in [0.1, 0.15) is 17.2 Å². The Bertz CT molecular complexity index is 1480. The number of benzene rings is 4. The number of phenolic OH excluding ortho intramolecular Hbond substituents is 1. The molecule has 2 heterocycles. The van der Waals surface area contributed by atoms with Gasteiger partial charge in [0.15, 0.2) is 0 Å². The minimum atomic E-state index is 0. The van der Waals surface area contributed by atoms with Crippen molar-refractivity contribution in [2.24, 2.45) is 0 Å². The fourth-order valence-electron chi connectivity index (χ4n) is 3.72. The Balaban J connectivity index is 0.000000156. The second-order valence-corrected chi connectivity index (χ2v) is 8.49. The smallest absolute Gasteiger partial charge is 0.137 e. The van der Waals surface area contributed by atoms with Crippen molar-refractivity contribution in [1.82, 2.24) is 9.97 Å². The van der Waals surface area contributed by atoms with Crippen LogP contribution in [0.15, 0.2) is 115 Å². The number of pyridine rings is 2. The number of rotatable bonds is 1. The standard InChI is InChI=1S/C12H10O.2C10H9NO.Al/c13-12-8-4-7-11(9-12)10-5-2-1-3-6-10;2*1-7-10(12)6-8-4-2-3-5-9(8)11-7;/h1-9,13H;2*2-6,12H,1H3;. The van der Waals surface area contributed by atoms with Crippen molar-refractivity contribution in [3.05, 3.63) is 127 Å². The third-order valence-electron chi connectivity index (χ3n) is 5.73. The minimum Gasteiger partial charge on any atom is -0.508 e. The normalized spacial score (nSPS) is 9.95. The van der Waals surface area contributed by atoms with Gasteiger partial charge >= 0.3 is 0 Å². The van der Waals surface area contributed by atoms with E-state index in [9.17, 15) is 15.3 Å². The number of aromatic hydroxyl groups is 3. The van der Waals surface area contributed by atoms with E-state index in [2.05, 4.69) is 9.97 Å². The Kier molecular flexibility index (Phi) is 9.84. The zero-order valence-corrected chi connectivity index (χ0v) is 22.4. The molecule has 3 radical (unpaired) electrons. The molecule has 0 spiro atoms. The van der Waals surface area contributed by atoms with Crippen molar-refractivity contribution in [2.45, 2.75) is 13.8 Å². The summed E-state index contributed by atoms with van der Waals surface area (Å²) in [4.78, 5) is 8.45. The maximum atomic E-state index is 9.35. The number of aryl methyl sites for hydroxylation is 2. The van der Waals surface area contributed by atoms with Crippen LogP contribution < -0.4 is 0 Å². The second-order valence-electron chi connectivity index (χ2n) is 8.49. The van der Waals surface area contributed by atoms with Crippen LogP contribution in [0, 0.1) is 13.8 Å². The predicted molar refractivity (Wildman–Crippen MR) is 156 cm³/mol. The Morgan fingerprint density at radius 3 is 1.42 bits per heavy atom. The minimum absolute atomic E-state index is 0. The molecule has 5 nitrogen and oxygen atoms in total. The summed E-state index contributed by atoms with van der Waals surface area (Å²) < 4.78 is 0. The van der Waals surface area contributed by atoms with Crippen LogP contribution in [0.3, 0.4) is 0 Å². The van der Waals surface area contributed by atoms with Crippen LogP contribution in [0.5, 0.6) is 17.2 Å². The Morgan fingerprint density at radius 2 is 0.921 bits per heavy atom. The van der Waals surface area contributed by atoms with Crippen LogP contribution in [0.2, 0.25) is 0 Å². The van der Waals surface area contributed by atoms with Crippen molar-refractivity contribution in [2.75, 3.05) is 0 Å². The van der Waals surface area contributed by atoms with Gasteiger partial charge < -0.3 is 15.3 Å². The molecule has 0 aliphatic heterocycles. The first-order valence-corrected chi connectivity index (χ1v) is 11.9. The van der Waals surface area contributed by atoms with E-state index in [1.165, 1.54) is 0 Å². The van der Waals surface area contributed by atoms with E-state index in [0.29, 0.717) is 17.1 Å². The molecule has 2 aromatic heterocycles. The zero-order chi connectivity index (χ0) is 26.2. The zero-order valence-electron chi connectivity index (χ0n) is 21.3. The van der Waals surface area contributed by atoms with Crippen molar-refractivity contribution in [3.63, 3.8) is 0 Å². The molecule has 0 atom stereocenters. The first kappa shape index (κ1) is 28.2. The molecule has 4 aromatic carbocycles. The van der Waals surface area contributed by atoms with Gasteiger partial charge in [0.2, 0.25) is 0 Å². The van der Waals surface area contributed by atoms with Crippen molar-refractivity contribution < 1.29 is 15.3 Å². The molecule has 6 heteroatoms. The van der Waals surface area contributed by atoms with Crippen molar-refractivity contribution >= 4 is 39.2 Å². The summed E-state index contributed by atoms with van der Waals surface area (Å²) in [6, 6.07) is 36.2. The molecule has 0 aliphatic carbocycles. The van der Waals surface area contributed by atoms with Crippen molar-refractivity contribution in [3.8, 4) is 28.4 Å². The fraction of sp³-hybridized carbons (Fsp3) is 0.0625. The molecular formula is C32H28AlN2O3. The molecule has 0 amide bonds. The number of nitrogens with zero attached hydrogens (tertiary/aromatic N) is 2. The molecular weight excluding hydrogens is 487 g/mol. The van der Waals surface area contributed by atoms with E-state index in [-0.39, 0.29) is 28.9 Å². The Morgan fingerprint density at radius 1 is 0.474 bits per heavy atom. The molecule has 38 heavy (non-hydrogen) atoms. The van der Waals surface area contributed by atoms with Gasteiger partial charge in [-0.15, -0.1) is 0 Å². The molecule has 0 fully saturated rings. The van der Waals surface area contributed by atoms with E-state index in [1.807, 2.05) is 91.0 Å². The molecule has 3 N–H and O–H groups in total. The number of aromatic nitrogens is 2. The molecule has 0 saturated heterocycles. The Hall–Kier alpha value is -4.37. The van der Waals surface area contributed by atoms with E-state index in [4.69, 9.17) is 0 Å². The first-order chi connectivity index (χ1) is 17.9. The van der Waals surface area contributed by atoms with Crippen LogP contribution in [-0.2, 0) is 0 Å². The highest BCUT2D eigenvalue weighted by atomic mass is 27.0. The fourth-order valence-corrected chi connectivity index (χ4v) is 3.72. The summed E-state index contributed by atoms with van der Waals surface area (Å²) in [5.41, 5.74) is 5.36. The van der Waals surface area contributed by atoms with Gasteiger partial charge in [0.25, 0.3) is 0 Å². The SMILES string of the molecule is Cc1nc2ccccc2cc1O.Cc1nc2ccccc2cc1O.Oc1cccc(-c2ccccc2)c1.[Al]. The van der Waals surface area contributed by atoms with Crippen LogP contribution in [0.1, 0.15) is 11.4 Å². The molecule has 6 aromatic rings. The van der Waals surface area contributed by atoms with Gasteiger partial charge in [0, 0.05) is 28.1 Å². The predicted octanol–water partition coefficient (Wildman–Crippen LogP) is 7.18. The lowest BCUT2D eigenvalue weighted by Gasteiger charge is -2.00. The lowest BCUT2D eigenvalue weighted by molar-refractivity contribution is 0.468. The van der Waals surface area contributed by atoms with Crippen LogP contribution in [0.4, 0.5) is 0 Å².